The molecule has 0 spiro atoms. The standard InChI is InChI=1S/C12H18O3/c1-9(8-13)6-10-7-11(14-2)4-5-12(10)15-3/h4-5,7,9,13H,6,8H2,1-3H3/t9-/m0/s1. The molecule has 0 bridgehead atoms. The SMILES string of the molecule is COc1ccc(OC)c(C[C@H](C)CO)c1. The molecule has 0 saturated heterocycles. The molecule has 3 heteroatoms. The fourth-order valence-corrected chi connectivity index (χ4v) is 1.48. The lowest BCUT2D eigenvalue weighted by atomic mass is 10.0. The minimum absolute atomic E-state index is 0.181. The highest BCUT2D eigenvalue weighted by Crippen LogP contribution is 2.26. The van der Waals surface area contributed by atoms with E-state index in [1.807, 2.05) is 25.1 Å². The Morgan fingerprint density at radius 2 is 2.00 bits per heavy atom. The number of hydrogen-bond donors (Lipinski definition) is 1. The quantitative estimate of drug-likeness (QED) is 0.806. The summed E-state index contributed by atoms with van der Waals surface area (Å²) >= 11 is 0. The van der Waals surface area contributed by atoms with Gasteiger partial charge in [0.15, 0.2) is 0 Å². The van der Waals surface area contributed by atoms with E-state index in [4.69, 9.17) is 14.6 Å². The number of ether oxygens (including phenoxy) is 2. The first-order valence-corrected chi connectivity index (χ1v) is 5.03. The molecule has 0 radical (unpaired) electrons. The van der Waals surface area contributed by atoms with Crippen LogP contribution < -0.4 is 9.47 Å². The van der Waals surface area contributed by atoms with Gasteiger partial charge in [0.1, 0.15) is 11.5 Å². The van der Waals surface area contributed by atoms with Crippen molar-refractivity contribution >= 4 is 0 Å². The van der Waals surface area contributed by atoms with Crippen LogP contribution in [0.1, 0.15) is 12.5 Å². The molecule has 1 N–H and O–H groups in total. The summed E-state index contributed by atoms with van der Waals surface area (Å²) in [5, 5.41) is 9.01. The fourth-order valence-electron chi connectivity index (χ4n) is 1.48. The molecule has 0 amide bonds. The maximum absolute atomic E-state index is 9.01. The summed E-state index contributed by atoms with van der Waals surface area (Å²) in [5.74, 6) is 1.89. The van der Waals surface area contributed by atoms with E-state index in [-0.39, 0.29) is 12.5 Å². The van der Waals surface area contributed by atoms with Crippen molar-refractivity contribution in [1.29, 1.82) is 0 Å². The van der Waals surface area contributed by atoms with E-state index in [0.717, 1.165) is 23.5 Å². The summed E-state index contributed by atoms with van der Waals surface area (Å²) in [7, 11) is 3.29. The van der Waals surface area contributed by atoms with Crippen molar-refractivity contribution in [3.63, 3.8) is 0 Å². The van der Waals surface area contributed by atoms with Gasteiger partial charge in [-0.2, -0.15) is 0 Å². The van der Waals surface area contributed by atoms with Crippen LogP contribution in [0.15, 0.2) is 18.2 Å². The first kappa shape index (κ1) is 11.9. The van der Waals surface area contributed by atoms with Gasteiger partial charge in [-0.25, -0.2) is 0 Å². The van der Waals surface area contributed by atoms with Crippen molar-refractivity contribution in [3.8, 4) is 11.5 Å². The van der Waals surface area contributed by atoms with Gasteiger partial charge in [-0.15, -0.1) is 0 Å². The third-order valence-electron chi connectivity index (χ3n) is 2.37. The van der Waals surface area contributed by atoms with Crippen molar-refractivity contribution in [3.05, 3.63) is 23.8 Å². The summed E-state index contributed by atoms with van der Waals surface area (Å²) < 4.78 is 10.4. The summed E-state index contributed by atoms with van der Waals surface area (Å²) in [4.78, 5) is 0. The smallest absolute Gasteiger partial charge is 0.122 e. The molecule has 0 aliphatic heterocycles. The third-order valence-corrected chi connectivity index (χ3v) is 2.37. The minimum atomic E-state index is 0.181. The molecule has 0 saturated carbocycles. The van der Waals surface area contributed by atoms with Crippen LogP contribution in [0.5, 0.6) is 11.5 Å². The lowest BCUT2D eigenvalue weighted by Gasteiger charge is -2.13. The zero-order chi connectivity index (χ0) is 11.3. The number of methoxy groups -OCH3 is 2. The van der Waals surface area contributed by atoms with Gasteiger partial charge in [-0.3, -0.25) is 0 Å². The summed E-state index contributed by atoms with van der Waals surface area (Å²) in [6, 6.07) is 5.70. The molecule has 84 valence electrons. The molecule has 0 heterocycles. The molecular weight excluding hydrogens is 192 g/mol. The van der Waals surface area contributed by atoms with E-state index in [1.54, 1.807) is 14.2 Å². The van der Waals surface area contributed by atoms with Gasteiger partial charge >= 0.3 is 0 Å². The van der Waals surface area contributed by atoms with E-state index in [2.05, 4.69) is 0 Å². The predicted molar refractivity (Wildman–Crippen MR) is 59.5 cm³/mol. The zero-order valence-corrected chi connectivity index (χ0v) is 9.49. The third kappa shape index (κ3) is 3.13. The zero-order valence-electron chi connectivity index (χ0n) is 9.49. The van der Waals surface area contributed by atoms with Gasteiger partial charge in [0.25, 0.3) is 0 Å². The second-order valence-corrected chi connectivity index (χ2v) is 3.67. The molecular formula is C12H18O3. The number of aliphatic hydroxyl groups excluding tert-OH is 1. The van der Waals surface area contributed by atoms with Gasteiger partial charge in [0.2, 0.25) is 0 Å². The van der Waals surface area contributed by atoms with Crippen LogP contribution in [-0.2, 0) is 6.42 Å². The molecule has 0 aliphatic rings. The van der Waals surface area contributed by atoms with Gasteiger partial charge in [-0.05, 0) is 36.1 Å². The molecule has 1 atom stereocenters. The lowest BCUT2D eigenvalue weighted by molar-refractivity contribution is 0.236. The molecule has 15 heavy (non-hydrogen) atoms. The summed E-state index contributed by atoms with van der Waals surface area (Å²) in [6.45, 7) is 2.18. The molecule has 0 aliphatic carbocycles. The number of hydrogen-bond acceptors (Lipinski definition) is 3. The first-order valence-electron chi connectivity index (χ1n) is 5.03. The molecule has 0 aromatic heterocycles. The molecule has 1 rings (SSSR count). The van der Waals surface area contributed by atoms with E-state index < -0.39 is 0 Å². The van der Waals surface area contributed by atoms with E-state index in [9.17, 15) is 0 Å². The molecule has 1 aromatic carbocycles. The lowest BCUT2D eigenvalue weighted by Crippen LogP contribution is -2.06. The van der Waals surface area contributed by atoms with Crippen molar-refractivity contribution in [2.24, 2.45) is 5.92 Å². The van der Waals surface area contributed by atoms with Crippen LogP contribution in [0.3, 0.4) is 0 Å². The number of benzene rings is 1. The van der Waals surface area contributed by atoms with Gasteiger partial charge < -0.3 is 14.6 Å². The second-order valence-electron chi connectivity index (χ2n) is 3.67. The monoisotopic (exact) mass is 210 g/mol. The average molecular weight is 210 g/mol. The van der Waals surface area contributed by atoms with Crippen LogP contribution in [0, 0.1) is 5.92 Å². The van der Waals surface area contributed by atoms with Crippen molar-refractivity contribution in [2.75, 3.05) is 20.8 Å². The topological polar surface area (TPSA) is 38.7 Å². The van der Waals surface area contributed by atoms with Crippen LogP contribution in [0.2, 0.25) is 0 Å². The minimum Gasteiger partial charge on any atom is -0.497 e. The molecule has 3 nitrogen and oxygen atoms in total. The van der Waals surface area contributed by atoms with Crippen LogP contribution in [0.25, 0.3) is 0 Å². The second kappa shape index (κ2) is 5.61. The van der Waals surface area contributed by atoms with E-state index in [1.165, 1.54) is 0 Å². The predicted octanol–water partition coefficient (Wildman–Crippen LogP) is 1.87. The van der Waals surface area contributed by atoms with Crippen LogP contribution >= 0.6 is 0 Å². The Kier molecular flexibility index (Phi) is 4.43. The maximum Gasteiger partial charge on any atom is 0.122 e. The number of rotatable bonds is 5. The average Bonchev–Trinajstić information content (AvgIpc) is 2.28. The van der Waals surface area contributed by atoms with Gasteiger partial charge in [0.05, 0.1) is 14.2 Å². The highest BCUT2D eigenvalue weighted by atomic mass is 16.5. The summed E-state index contributed by atoms with van der Waals surface area (Å²) in [6.07, 6.45) is 0.789. The normalized spacial score (nSPS) is 12.3. The highest BCUT2D eigenvalue weighted by Gasteiger charge is 2.08. The van der Waals surface area contributed by atoms with Gasteiger partial charge in [-0.1, -0.05) is 6.92 Å². The fraction of sp³-hybridized carbons (Fsp3) is 0.500. The number of aliphatic hydroxyl groups is 1. The molecule has 0 fully saturated rings. The Morgan fingerprint density at radius 3 is 2.53 bits per heavy atom. The molecule has 1 aromatic rings. The van der Waals surface area contributed by atoms with Crippen molar-refractivity contribution in [1.82, 2.24) is 0 Å². The van der Waals surface area contributed by atoms with Crippen LogP contribution in [-0.4, -0.2) is 25.9 Å². The van der Waals surface area contributed by atoms with Crippen molar-refractivity contribution < 1.29 is 14.6 Å². The Balaban J connectivity index is 2.90. The van der Waals surface area contributed by atoms with Crippen LogP contribution in [0.4, 0.5) is 0 Å². The highest BCUT2D eigenvalue weighted by molar-refractivity contribution is 5.40. The summed E-state index contributed by atoms with van der Waals surface area (Å²) in [5.41, 5.74) is 1.07. The largest absolute Gasteiger partial charge is 0.497 e. The van der Waals surface area contributed by atoms with E-state index >= 15 is 0 Å². The van der Waals surface area contributed by atoms with Crippen molar-refractivity contribution in [2.45, 2.75) is 13.3 Å². The Hall–Kier alpha value is -1.22. The first-order chi connectivity index (χ1) is 7.21. The van der Waals surface area contributed by atoms with Gasteiger partial charge in [0, 0.05) is 6.61 Å². The Bertz CT molecular complexity index is 310. The Morgan fingerprint density at radius 1 is 1.27 bits per heavy atom. The maximum atomic E-state index is 9.01. The molecule has 0 unspecified atom stereocenters. The van der Waals surface area contributed by atoms with E-state index in [0.29, 0.717) is 0 Å². The Labute approximate surface area is 90.6 Å².